The fourth-order valence-electron chi connectivity index (χ4n) is 1.80. The highest BCUT2D eigenvalue weighted by atomic mass is 14.2. The molecule has 0 spiro atoms. The number of hydrogen-bond donors (Lipinski definition) is 0. The van der Waals surface area contributed by atoms with Crippen LogP contribution in [0.4, 0.5) is 0 Å². The first-order valence-corrected chi connectivity index (χ1v) is 7.06. The van der Waals surface area contributed by atoms with Crippen LogP contribution in [-0.4, -0.2) is 0 Å². The minimum atomic E-state index is 0.381. The van der Waals surface area contributed by atoms with Crippen molar-refractivity contribution in [1.82, 2.24) is 0 Å². The van der Waals surface area contributed by atoms with Gasteiger partial charge in [0.05, 0.1) is 0 Å². The molecular formula is C18H30. The second-order valence-corrected chi connectivity index (χ2v) is 5.74. The predicted molar refractivity (Wildman–Crippen MR) is 84.8 cm³/mol. The van der Waals surface area contributed by atoms with Gasteiger partial charge < -0.3 is 0 Å². The summed E-state index contributed by atoms with van der Waals surface area (Å²) in [7, 11) is 0. The summed E-state index contributed by atoms with van der Waals surface area (Å²) in [4.78, 5) is 0. The van der Waals surface area contributed by atoms with Crippen LogP contribution in [0.25, 0.3) is 0 Å². The number of allylic oxidation sites excluding steroid dienone is 7. The molecular weight excluding hydrogens is 216 g/mol. The molecule has 0 saturated carbocycles. The van der Waals surface area contributed by atoms with Crippen LogP contribution in [0.2, 0.25) is 0 Å². The molecule has 0 aliphatic rings. The lowest BCUT2D eigenvalue weighted by Crippen LogP contribution is -2.09. The van der Waals surface area contributed by atoms with Crippen LogP contribution in [0, 0.1) is 5.41 Å². The Hall–Kier alpha value is -1.04. The van der Waals surface area contributed by atoms with Gasteiger partial charge in [-0.1, -0.05) is 55.9 Å². The van der Waals surface area contributed by atoms with Crippen molar-refractivity contribution in [2.45, 2.75) is 59.8 Å². The molecule has 0 fully saturated rings. The minimum Gasteiger partial charge on any atom is -0.103 e. The smallest absolute Gasteiger partial charge is 0.0302 e. The Kier molecular flexibility index (Phi) is 9.36. The zero-order valence-corrected chi connectivity index (χ0v) is 12.7. The van der Waals surface area contributed by atoms with Crippen molar-refractivity contribution in [2.75, 3.05) is 0 Å². The Morgan fingerprint density at radius 3 is 2.44 bits per heavy atom. The van der Waals surface area contributed by atoms with Crippen LogP contribution in [0.1, 0.15) is 59.8 Å². The van der Waals surface area contributed by atoms with Gasteiger partial charge in [-0.25, -0.2) is 0 Å². The normalized spacial score (nSPS) is 13.7. The third kappa shape index (κ3) is 10.1. The zero-order chi connectivity index (χ0) is 13.9. The molecule has 0 rings (SSSR count). The van der Waals surface area contributed by atoms with Gasteiger partial charge in [0.2, 0.25) is 0 Å². The molecule has 0 radical (unpaired) electrons. The average molecular weight is 246 g/mol. The van der Waals surface area contributed by atoms with Crippen LogP contribution in [0.5, 0.6) is 0 Å². The van der Waals surface area contributed by atoms with Gasteiger partial charge in [0.1, 0.15) is 0 Å². The van der Waals surface area contributed by atoms with E-state index in [4.69, 9.17) is 0 Å². The maximum atomic E-state index is 3.83. The number of hydrogen-bond acceptors (Lipinski definition) is 0. The van der Waals surface area contributed by atoms with E-state index in [0.717, 1.165) is 19.3 Å². The molecule has 0 atom stereocenters. The van der Waals surface area contributed by atoms with Crippen molar-refractivity contribution >= 4 is 0 Å². The Bertz CT molecular complexity index is 300. The van der Waals surface area contributed by atoms with E-state index in [0.29, 0.717) is 5.41 Å². The van der Waals surface area contributed by atoms with E-state index in [1.807, 2.05) is 6.08 Å². The molecule has 0 nitrogen and oxygen atoms in total. The molecule has 0 unspecified atom stereocenters. The van der Waals surface area contributed by atoms with Crippen LogP contribution < -0.4 is 0 Å². The minimum absolute atomic E-state index is 0.381. The summed E-state index contributed by atoms with van der Waals surface area (Å²) in [6, 6.07) is 0. The Morgan fingerprint density at radius 2 is 1.83 bits per heavy atom. The molecule has 0 aliphatic carbocycles. The van der Waals surface area contributed by atoms with Crippen LogP contribution in [0.3, 0.4) is 0 Å². The highest BCUT2D eigenvalue weighted by molar-refractivity contribution is 5.11. The van der Waals surface area contributed by atoms with E-state index < -0.39 is 0 Å². The lowest BCUT2D eigenvalue weighted by atomic mass is 9.83. The van der Waals surface area contributed by atoms with Gasteiger partial charge in [0.15, 0.2) is 0 Å². The topological polar surface area (TPSA) is 0 Å². The SMILES string of the molecule is C=CCC(C)(C)CC/C(C)=C/C=C/CC/C=C\C. The van der Waals surface area contributed by atoms with E-state index >= 15 is 0 Å². The summed E-state index contributed by atoms with van der Waals surface area (Å²) in [5, 5.41) is 0. The summed E-state index contributed by atoms with van der Waals surface area (Å²) >= 11 is 0. The van der Waals surface area contributed by atoms with Gasteiger partial charge in [-0.3, -0.25) is 0 Å². The summed E-state index contributed by atoms with van der Waals surface area (Å²) in [6.45, 7) is 12.7. The summed E-state index contributed by atoms with van der Waals surface area (Å²) in [5.41, 5.74) is 1.85. The first-order valence-electron chi connectivity index (χ1n) is 7.06. The molecule has 18 heavy (non-hydrogen) atoms. The van der Waals surface area contributed by atoms with Crippen LogP contribution in [0.15, 0.2) is 48.6 Å². The molecule has 102 valence electrons. The first-order chi connectivity index (χ1) is 8.52. The monoisotopic (exact) mass is 246 g/mol. The van der Waals surface area contributed by atoms with Gasteiger partial charge in [0, 0.05) is 0 Å². The standard InChI is InChI=1S/C18H30/c1-6-8-9-10-11-12-13-17(3)14-16-18(4,5)15-7-2/h6-8,11-13H,2,9-10,14-16H2,1,3-5H3/b8-6-,12-11+,17-13+. The van der Waals surface area contributed by atoms with Crippen LogP contribution in [-0.2, 0) is 0 Å². The molecule has 0 heteroatoms. The number of unbranched alkanes of at least 4 members (excludes halogenated alkanes) is 1. The fourth-order valence-corrected chi connectivity index (χ4v) is 1.80. The van der Waals surface area contributed by atoms with Crippen molar-refractivity contribution < 1.29 is 0 Å². The van der Waals surface area contributed by atoms with E-state index in [1.54, 1.807) is 0 Å². The van der Waals surface area contributed by atoms with Crippen molar-refractivity contribution in [1.29, 1.82) is 0 Å². The summed E-state index contributed by atoms with van der Waals surface area (Å²) < 4.78 is 0. The van der Waals surface area contributed by atoms with Gasteiger partial charge in [-0.15, -0.1) is 6.58 Å². The van der Waals surface area contributed by atoms with E-state index in [9.17, 15) is 0 Å². The molecule has 0 bridgehead atoms. The third-order valence-electron chi connectivity index (χ3n) is 3.15. The highest BCUT2D eigenvalue weighted by Gasteiger charge is 2.14. The van der Waals surface area contributed by atoms with Gasteiger partial charge in [-0.05, 0) is 51.4 Å². The molecule has 0 amide bonds. The second-order valence-electron chi connectivity index (χ2n) is 5.74. The van der Waals surface area contributed by atoms with Crippen molar-refractivity contribution in [3.05, 3.63) is 48.6 Å². The van der Waals surface area contributed by atoms with Gasteiger partial charge in [-0.2, -0.15) is 0 Å². The highest BCUT2D eigenvalue weighted by Crippen LogP contribution is 2.28. The predicted octanol–water partition coefficient (Wildman–Crippen LogP) is 6.23. The number of rotatable bonds is 9. The molecule has 0 N–H and O–H groups in total. The molecule has 0 aromatic heterocycles. The maximum Gasteiger partial charge on any atom is -0.0302 e. The Labute approximate surface area is 114 Å². The third-order valence-corrected chi connectivity index (χ3v) is 3.15. The van der Waals surface area contributed by atoms with Gasteiger partial charge >= 0.3 is 0 Å². The van der Waals surface area contributed by atoms with Crippen LogP contribution >= 0.6 is 0 Å². The molecule has 0 aromatic rings. The Balaban J connectivity index is 3.93. The zero-order valence-electron chi connectivity index (χ0n) is 12.7. The average Bonchev–Trinajstić information content (AvgIpc) is 2.31. The fraction of sp³-hybridized carbons (Fsp3) is 0.556. The summed E-state index contributed by atoms with van der Waals surface area (Å²) in [6.07, 6.45) is 18.8. The lowest BCUT2D eigenvalue weighted by Gasteiger charge is -2.22. The lowest BCUT2D eigenvalue weighted by molar-refractivity contribution is 0.340. The van der Waals surface area contributed by atoms with Gasteiger partial charge in [0.25, 0.3) is 0 Å². The van der Waals surface area contributed by atoms with Crippen molar-refractivity contribution in [3.63, 3.8) is 0 Å². The maximum absolute atomic E-state index is 3.83. The van der Waals surface area contributed by atoms with E-state index in [2.05, 4.69) is 64.7 Å². The molecule has 0 aromatic carbocycles. The largest absolute Gasteiger partial charge is 0.103 e. The van der Waals surface area contributed by atoms with E-state index in [-0.39, 0.29) is 0 Å². The van der Waals surface area contributed by atoms with E-state index in [1.165, 1.54) is 18.4 Å². The molecule has 0 heterocycles. The Morgan fingerprint density at radius 1 is 1.17 bits per heavy atom. The quantitative estimate of drug-likeness (QED) is 0.257. The van der Waals surface area contributed by atoms with Crippen molar-refractivity contribution in [3.8, 4) is 0 Å². The molecule has 0 aliphatic heterocycles. The molecule has 0 saturated heterocycles. The first kappa shape index (κ1) is 17.0. The summed E-state index contributed by atoms with van der Waals surface area (Å²) in [5.74, 6) is 0. The second kappa shape index (κ2) is 9.94. The van der Waals surface area contributed by atoms with Crippen molar-refractivity contribution in [2.24, 2.45) is 5.41 Å².